The molecule has 3 aliphatic rings. The van der Waals surface area contributed by atoms with Gasteiger partial charge in [0.25, 0.3) is 5.91 Å². The fraction of sp³-hybridized carbons (Fsp3) is 0.500. The average Bonchev–Trinajstić information content (AvgIpc) is 3.67. The number of sulfonamides is 1. The number of rotatable bonds is 12. The Bertz CT molecular complexity index is 1400. The van der Waals surface area contributed by atoms with Gasteiger partial charge in [-0.1, -0.05) is 62.6 Å². The molecule has 2 fully saturated rings. The number of hydrogen-bond acceptors (Lipinski definition) is 5. The van der Waals surface area contributed by atoms with E-state index < -0.39 is 21.2 Å². The molecule has 2 aliphatic carbocycles. The van der Waals surface area contributed by atoms with Gasteiger partial charge in [0.05, 0.1) is 23.8 Å². The topological polar surface area (TPSA) is 92.8 Å². The Morgan fingerprint density at radius 1 is 1.07 bits per heavy atom. The van der Waals surface area contributed by atoms with E-state index in [1.807, 2.05) is 36.1 Å². The zero-order chi connectivity index (χ0) is 28.3. The summed E-state index contributed by atoms with van der Waals surface area (Å²) in [6.45, 7) is 5.47. The Balaban J connectivity index is 1.45. The number of hydrogen-bond donors (Lipinski definition) is 1. The van der Waals surface area contributed by atoms with E-state index in [0.717, 1.165) is 67.3 Å². The van der Waals surface area contributed by atoms with E-state index >= 15 is 0 Å². The minimum Gasteiger partial charge on any atom is -0.377 e. The van der Waals surface area contributed by atoms with Crippen molar-refractivity contribution < 1.29 is 22.7 Å². The van der Waals surface area contributed by atoms with Crippen LogP contribution in [-0.4, -0.2) is 37.0 Å². The molecule has 0 unspecified atom stereocenters. The van der Waals surface area contributed by atoms with Crippen molar-refractivity contribution >= 4 is 21.8 Å². The van der Waals surface area contributed by atoms with Gasteiger partial charge in [0.15, 0.2) is 0 Å². The predicted octanol–water partition coefficient (Wildman–Crippen LogP) is 6.09. The summed E-state index contributed by atoms with van der Waals surface area (Å²) in [4.78, 5) is 28.8. The molecule has 7 nitrogen and oxygen atoms in total. The summed E-state index contributed by atoms with van der Waals surface area (Å²) in [5, 5.41) is -0.482. The van der Waals surface area contributed by atoms with Gasteiger partial charge in [-0.2, -0.15) is 0 Å². The first kappa shape index (κ1) is 28.6. The number of benzene rings is 2. The highest BCUT2D eigenvalue weighted by atomic mass is 32.2. The molecule has 8 heteroatoms. The SMILES string of the molecule is CCCCC1=CC2(CCCC2)C(=O)N1Cc1ccc(-c2ccccc2C(=O)NS(=O)(=O)C2CC2)c(COCC)c1. The monoisotopic (exact) mass is 564 g/mol. The number of ether oxygens (including phenoxy) is 1. The number of carbonyl (C=O) groups excluding carboxylic acids is 2. The Kier molecular flexibility index (Phi) is 8.47. The zero-order valence-electron chi connectivity index (χ0n) is 23.6. The van der Waals surface area contributed by atoms with Gasteiger partial charge in [0.1, 0.15) is 0 Å². The molecule has 2 saturated carbocycles. The number of unbranched alkanes of at least 4 members (excludes halogenated alkanes) is 1. The average molecular weight is 565 g/mol. The Hall–Kier alpha value is -2.97. The maximum Gasteiger partial charge on any atom is 0.265 e. The summed E-state index contributed by atoms with van der Waals surface area (Å²) in [5.41, 5.74) is 4.48. The van der Waals surface area contributed by atoms with Crippen LogP contribution in [0, 0.1) is 5.41 Å². The van der Waals surface area contributed by atoms with Crippen LogP contribution < -0.4 is 4.72 Å². The van der Waals surface area contributed by atoms with Crippen molar-refractivity contribution in [3.8, 4) is 11.1 Å². The van der Waals surface area contributed by atoms with Gasteiger partial charge in [-0.15, -0.1) is 0 Å². The molecule has 0 saturated heterocycles. The van der Waals surface area contributed by atoms with E-state index in [2.05, 4.69) is 23.8 Å². The molecule has 1 heterocycles. The van der Waals surface area contributed by atoms with Gasteiger partial charge in [-0.25, -0.2) is 13.1 Å². The van der Waals surface area contributed by atoms with Crippen LogP contribution >= 0.6 is 0 Å². The van der Waals surface area contributed by atoms with E-state index in [-0.39, 0.29) is 11.3 Å². The number of amides is 2. The molecule has 0 radical (unpaired) electrons. The molecule has 1 N–H and O–H groups in total. The Morgan fingerprint density at radius 3 is 2.52 bits per heavy atom. The van der Waals surface area contributed by atoms with Crippen molar-refractivity contribution in [1.29, 1.82) is 0 Å². The van der Waals surface area contributed by atoms with E-state index in [9.17, 15) is 18.0 Å². The fourth-order valence-corrected chi connectivity index (χ4v) is 7.34. The smallest absolute Gasteiger partial charge is 0.265 e. The Labute approximate surface area is 238 Å². The summed E-state index contributed by atoms with van der Waals surface area (Å²) >= 11 is 0. The maximum absolute atomic E-state index is 13.7. The molecule has 0 aromatic heterocycles. The van der Waals surface area contributed by atoms with Gasteiger partial charge < -0.3 is 9.64 Å². The van der Waals surface area contributed by atoms with Crippen molar-refractivity contribution in [2.45, 2.75) is 90.0 Å². The molecule has 2 amide bonds. The van der Waals surface area contributed by atoms with E-state index in [1.165, 1.54) is 0 Å². The van der Waals surface area contributed by atoms with Crippen LogP contribution in [0.2, 0.25) is 0 Å². The molecule has 0 atom stereocenters. The second kappa shape index (κ2) is 11.9. The van der Waals surface area contributed by atoms with E-state index in [1.54, 1.807) is 12.1 Å². The highest BCUT2D eigenvalue weighted by molar-refractivity contribution is 7.91. The van der Waals surface area contributed by atoms with Crippen molar-refractivity contribution in [2.24, 2.45) is 5.41 Å². The van der Waals surface area contributed by atoms with Crippen LogP contribution in [0.5, 0.6) is 0 Å². The molecule has 1 spiro atoms. The van der Waals surface area contributed by atoms with Crippen LogP contribution in [0.3, 0.4) is 0 Å². The zero-order valence-corrected chi connectivity index (χ0v) is 24.4. The lowest BCUT2D eigenvalue weighted by molar-refractivity contribution is -0.135. The molecule has 0 bridgehead atoms. The summed E-state index contributed by atoms with van der Waals surface area (Å²) in [5.74, 6) is -0.394. The van der Waals surface area contributed by atoms with Crippen molar-refractivity contribution in [3.05, 3.63) is 70.9 Å². The third kappa shape index (κ3) is 5.88. The van der Waals surface area contributed by atoms with Gasteiger partial charge in [-0.3, -0.25) is 9.59 Å². The first-order chi connectivity index (χ1) is 19.3. The minimum absolute atomic E-state index is 0.227. The highest BCUT2D eigenvalue weighted by Crippen LogP contribution is 2.47. The Morgan fingerprint density at radius 2 is 1.82 bits per heavy atom. The minimum atomic E-state index is -3.67. The largest absolute Gasteiger partial charge is 0.377 e. The van der Waals surface area contributed by atoms with Gasteiger partial charge >= 0.3 is 0 Å². The molecule has 5 rings (SSSR count). The molecule has 2 aromatic carbocycles. The second-order valence-corrected chi connectivity index (χ2v) is 13.3. The number of allylic oxidation sites excluding steroid dienone is 1. The number of nitrogens with one attached hydrogen (secondary N) is 1. The third-order valence-corrected chi connectivity index (χ3v) is 10.2. The standard InChI is InChI=1S/C32H40N2O5S/c1-3-5-10-25-20-32(17-8-9-18-32)31(36)34(25)21-23-13-16-27(24(19-23)22-39-4-2)28-11-6-7-12-29(28)30(35)33-40(37,38)26-14-15-26/h6-7,11-13,16,19-20,26H,3-5,8-10,14-15,17-18,21-22H2,1-2H3,(H,33,35). The molecule has 2 aromatic rings. The summed E-state index contributed by atoms with van der Waals surface area (Å²) < 4.78 is 33.0. The normalized spacial score (nSPS) is 18.4. The fourth-order valence-electron chi connectivity index (χ4n) is 6.04. The van der Waals surface area contributed by atoms with Crippen LogP contribution in [-0.2, 0) is 32.7 Å². The van der Waals surface area contributed by atoms with Crippen molar-refractivity contribution in [1.82, 2.24) is 9.62 Å². The summed E-state index contributed by atoms with van der Waals surface area (Å²) in [7, 11) is -3.67. The maximum atomic E-state index is 13.7. The molecular weight excluding hydrogens is 524 g/mol. The van der Waals surface area contributed by atoms with Gasteiger partial charge in [0.2, 0.25) is 15.9 Å². The number of nitrogens with zero attached hydrogens (tertiary/aromatic N) is 1. The second-order valence-electron chi connectivity index (χ2n) is 11.3. The lowest BCUT2D eigenvalue weighted by atomic mass is 9.86. The van der Waals surface area contributed by atoms with Crippen LogP contribution in [0.1, 0.15) is 93.1 Å². The van der Waals surface area contributed by atoms with Gasteiger partial charge in [-0.05, 0) is 79.8 Å². The lowest BCUT2D eigenvalue weighted by Gasteiger charge is -2.25. The number of carbonyl (C=O) groups is 2. The first-order valence-electron chi connectivity index (χ1n) is 14.7. The highest BCUT2D eigenvalue weighted by Gasteiger charge is 2.47. The molecular formula is C32H40N2O5S. The quantitative estimate of drug-likeness (QED) is 0.337. The van der Waals surface area contributed by atoms with Crippen LogP contribution in [0.15, 0.2) is 54.2 Å². The van der Waals surface area contributed by atoms with Gasteiger partial charge in [0, 0.05) is 17.9 Å². The first-order valence-corrected chi connectivity index (χ1v) is 16.2. The van der Waals surface area contributed by atoms with E-state index in [4.69, 9.17) is 4.74 Å². The van der Waals surface area contributed by atoms with Crippen LogP contribution in [0.25, 0.3) is 11.1 Å². The summed E-state index contributed by atoms with van der Waals surface area (Å²) in [6.07, 6.45) is 10.5. The molecule has 214 valence electrons. The molecule has 1 aliphatic heterocycles. The van der Waals surface area contributed by atoms with Crippen LogP contribution in [0.4, 0.5) is 0 Å². The van der Waals surface area contributed by atoms with Crippen molar-refractivity contribution in [2.75, 3.05) is 6.61 Å². The van der Waals surface area contributed by atoms with Crippen molar-refractivity contribution in [3.63, 3.8) is 0 Å². The predicted molar refractivity (Wildman–Crippen MR) is 156 cm³/mol. The third-order valence-electron chi connectivity index (χ3n) is 8.37. The lowest BCUT2D eigenvalue weighted by Crippen LogP contribution is -2.34. The van der Waals surface area contributed by atoms with E-state index in [0.29, 0.717) is 43.7 Å². The molecule has 40 heavy (non-hydrogen) atoms. The summed E-state index contributed by atoms with van der Waals surface area (Å²) in [6, 6.07) is 13.1.